The van der Waals surface area contributed by atoms with Crippen LogP contribution in [0.15, 0.2) is 84.9 Å². The van der Waals surface area contributed by atoms with E-state index in [1.165, 1.54) is 4.90 Å². The Balaban J connectivity index is 2.12. The van der Waals surface area contributed by atoms with Crippen LogP contribution in [0.5, 0.6) is 0 Å². The van der Waals surface area contributed by atoms with Crippen molar-refractivity contribution in [3.63, 3.8) is 0 Å². The zero-order chi connectivity index (χ0) is 36.4. The van der Waals surface area contributed by atoms with E-state index in [2.05, 4.69) is 10.6 Å². The summed E-state index contributed by atoms with van der Waals surface area (Å²) in [5.41, 5.74) is 1.48. The number of amides is 3. The third kappa shape index (κ3) is 12.1. The third-order valence-corrected chi connectivity index (χ3v) is 7.89. The SMILES string of the molecule is CCC(C)N(C(=O)C(Cc1ccccc1)NC(=O)OC(C)(C)C)C(C(=O)NC(Cc1ccccc1)C(=O)OC(C)(C)C)c1ccccc1C. The van der Waals surface area contributed by atoms with Gasteiger partial charge in [0, 0.05) is 18.9 Å². The van der Waals surface area contributed by atoms with E-state index in [9.17, 15) is 19.2 Å². The summed E-state index contributed by atoms with van der Waals surface area (Å²) in [5.74, 6) is -1.57. The smallest absolute Gasteiger partial charge is 0.408 e. The van der Waals surface area contributed by atoms with Crippen LogP contribution < -0.4 is 10.6 Å². The molecule has 9 nitrogen and oxygen atoms in total. The fourth-order valence-corrected chi connectivity index (χ4v) is 5.45. The van der Waals surface area contributed by atoms with E-state index >= 15 is 0 Å². The molecule has 4 unspecified atom stereocenters. The first-order valence-corrected chi connectivity index (χ1v) is 17.0. The van der Waals surface area contributed by atoms with Gasteiger partial charge in [0.15, 0.2) is 0 Å². The zero-order valence-corrected chi connectivity index (χ0v) is 30.4. The van der Waals surface area contributed by atoms with Crippen LogP contribution in [0.3, 0.4) is 0 Å². The molecule has 0 bridgehead atoms. The van der Waals surface area contributed by atoms with Crippen molar-refractivity contribution in [2.75, 3.05) is 0 Å². The summed E-state index contributed by atoms with van der Waals surface area (Å²) in [6.45, 7) is 16.3. The molecule has 0 fully saturated rings. The second-order valence-electron chi connectivity index (χ2n) is 14.4. The van der Waals surface area contributed by atoms with Gasteiger partial charge in [0.2, 0.25) is 11.8 Å². The molecular formula is C40H53N3O6. The van der Waals surface area contributed by atoms with Gasteiger partial charge in [-0.25, -0.2) is 9.59 Å². The molecule has 2 N–H and O–H groups in total. The molecule has 0 aromatic heterocycles. The summed E-state index contributed by atoms with van der Waals surface area (Å²) < 4.78 is 11.3. The van der Waals surface area contributed by atoms with E-state index in [0.29, 0.717) is 12.0 Å². The Morgan fingerprint density at radius 3 is 1.67 bits per heavy atom. The van der Waals surface area contributed by atoms with Crippen LogP contribution in [-0.4, -0.2) is 58.1 Å². The van der Waals surface area contributed by atoms with Crippen molar-refractivity contribution in [2.45, 2.75) is 117 Å². The molecular weight excluding hydrogens is 618 g/mol. The molecule has 9 heteroatoms. The lowest BCUT2D eigenvalue weighted by Gasteiger charge is -2.39. The normalized spacial score (nSPS) is 14.1. The highest BCUT2D eigenvalue weighted by Crippen LogP contribution is 2.29. The molecule has 0 aliphatic heterocycles. The number of carbonyl (C=O) groups is 4. The van der Waals surface area contributed by atoms with Gasteiger partial charge in [-0.15, -0.1) is 0 Å². The molecule has 3 rings (SSSR count). The number of benzene rings is 3. The third-order valence-electron chi connectivity index (χ3n) is 7.89. The maximum atomic E-state index is 14.9. The van der Waals surface area contributed by atoms with E-state index in [-0.39, 0.29) is 12.8 Å². The highest BCUT2D eigenvalue weighted by atomic mass is 16.6. The molecule has 264 valence electrons. The Kier molecular flexibility index (Phi) is 13.6. The highest BCUT2D eigenvalue weighted by Gasteiger charge is 2.40. The van der Waals surface area contributed by atoms with E-state index in [0.717, 1.165) is 16.7 Å². The number of carbonyl (C=O) groups excluding carboxylic acids is 4. The van der Waals surface area contributed by atoms with Crippen LogP contribution in [0.1, 0.15) is 90.1 Å². The van der Waals surface area contributed by atoms with Crippen molar-refractivity contribution in [1.29, 1.82) is 0 Å². The van der Waals surface area contributed by atoms with Crippen LogP contribution >= 0.6 is 0 Å². The van der Waals surface area contributed by atoms with Gasteiger partial charge >= 0.3 is 12.1 Å². The van der Waals surface area contributed by atoms with Crippen molar-refractivity contribution < 1.29 is 28.7 Å². The molecule has 3 aromatic carbocycles. The lowest BCUT2D eigenvalue weighted by atomic mass is 9.94. The number of nitrogens with zero attached hydrogens (tertiary/aromatic N) is 1. The van der Waals surface area contributed by atoms with Crippen molar-refractivity contribution >= 4 is 23.9 Å². The number of aryl methyl sites for hydroxylation is 1. The Labute approximate surface area is 291 Å². The zero-order valence-electron chi connectivity index (χ0n) is 30.4. The van der Waals surface area contributed by atoms with Crippen LogP contribution in [0, 0.1) is 6.92 Å². The van der Waals surface area contributed by atoms with Crippen LogP contribution in [0.4, 0.5) is 4.79 Å². The summed E-state index contributed by atoms with van der Waals surface area (Å²) in [7, 11) is 0. The first-order valence-electron chi connectivity index (χ1n) is 17.0. The van der Waals surface area contributed by atoms with Gasteiger partial charge in [-0.05, 0) is 84.1 Å². The van der Waals surface area contributed by atoms with Gasteiger partial charge in [0.05, 0.1) is 0 Å². The molecule has 0 heterocycles. The first-order chi connectivity index (χ1) is 23.0. The van der Waals surface area contributed by atoms with E-state index < -0.39 is 59.2 Å². The van der Waals surface area contributed by atoms with Gasteiger partial charge in [0.25, 0.3) is 0 Å². The minimum atomic E-state index is -1.14. The summed E-state index contributed by atoms with van der Waals surface area (Å²) in [4.78, 5) is 57.8. The minimum Gasteiger partial charge on any atom is -0.458 e. The quantitative estimate of drug-likeness (QED) is 0.192. The first kappa shape index (κ1) is 38.8. The predicted octanol–water partition coefficient (Wildman–Crippen LogP) is 6.87. The van der Waals surface area contributed by atoms with Gasteiger partial charge in [-0.1, -0.05) is 91.9 Å². The standard InChI is InChI=1S/C40H53N3O6/c1-10-28(3)43(36(45)32(25-29-20-13-11-14-21-29)42-38(47)49-40(7,8)9)34(31-24-18-17-19-27(31)2)35(44)41-33(37(46)48-39(4,5)6)26-30-22-15-12-16-23-30/h11-24,28,32-34H,10,25-26H2,1-9H3,(H,41,44)(H,42,47). The highest BCUT2D eigenvalue weighted by molar-refractivity contribution is 5.94. The monoisotopic (exact) mass is 671 g/mol. The molecule has 0 aliphatic rings. The van der Waals surface area contributed by atoms with Crippen molar-refractivity contribution in [2.24, 2.45) is 0 Å². The second-order valence-corrected chi connectivity index (χ2v) is 14.4. The van der Waals surface area contributed by atoms with Crippen LogP contribution in [0.2, 0.25) is 0 Å². The number of nitrogens with one attached hydrogen (secondary N) is 2. The maximum Gasteiger partial charge on any atom is 0.408 e. The number of hydrogen-bond acceptors (Lipinski definition) is 6. The molecule has 4 atom stereocenters. The largest absolute Gasteiger partial charge is 0.458 e. The maximum absolute atomic E-state index is 14.9. The van der Waals surface area contributed by atoms with Gasteiger partial charge < -0.3 is 25.0 Å². The van der Waals surface area contributed by atoms with Crippen molar-refractivity contribution in [3.05, 3.63) is 107 Å². The Morgan fingerprint density at radius 1 is 0.694 bits per heavy atom. The number of hydrogen-bond donors (Lipinski definition) is 2. The molecule has 49 heavy (non-hydrogen) atoms. The average Bonchev–Trinajstić information content (AvgIpc) is 3.02. The summed E-state index contributed by atoms with van der Waals surface area (Å²) in [6, 6.07) is 22.5. The number of ether oxygens (including phenoxy) is 2. The van der Waals surface area contributed by atoms with Gasteiger partial charge in [-0.2, -0.15) is 0 Å². The van der Waals surface area contributed by atoms with Gasteiger partial charge in [-0.3, -0.25) is 9.59 Å². The fraction of sp³-hybridized carbons (Fsp3) is 0.450. The predicted molar refractivity (Wildman–Crippen MR) is 192 cm³/mol. The summed E-state index contributed by atoms with van der Waals surface area (Å²) in [6.07, 6.45) is 0.139. The van der Waals surface area contributed by atoms with Crippen LogP contribution in [0.25, 0.3) is 0 Å². The second kappa shape index (κ2) is 17.1. The van der Waals surface area contributed by atoms with Crippen molar-refractivity contribution in [3.8, 4) is 0 Å². The molecule has 3 aromatic rings. The summed E-state index contributed by atoms with van der Waals surface area (Å²) >= 11 is 0. The van der Waals surface area contributed by atoms with Gasteiger partial charge in [0.1, 0.15) is 29.3 Å². The minimum absolute atomic E-state index is 0.169. The Morgan fingerprint density at radius 2 is 1.18 bits per heavy atom. The molecule has 0 spiro atoms. The topological polar surface area (TPSA) is 114 Å². The Bertz CT molecular complexity index is 1550. The number of rotatable bonds is 13. The van der Waals surface area contributed by atoms with E-state index in [1.807, 2.05) is 106 Å². The lowest BCUT2D eigenvalue weighted by Crippen LogP contribution is -2.57. The molecule has 0 radical (unpaired) electrons. The molecule has 0 saturated heterocycles. The number of esters is 1. The van der Waals surface area contributed by atoms with E-state index in [1.54, 1.807) is 41.5 Å². The molecule has 3 amide bonds. The lowest BCUT2D eigenvalue weighted by molar-refractivity contribution is -0.159. The summed E-state index contributed by atoms with van der Waals surface area (Å²) in [5, 5.41) is 5.77. The fourth-order valence-electron chi connectivity index (χ4n) is 5.45. The van der Waals surface area contributed by atoms with Crippen molar-refractivity contribution in [1.82, 2.24) is 15.5 Å². The average molecular weight is 672 g/mol. The Hall–Kier alpha value is -4.66. The van der Waals surface area contributed by atoms with E-state index in [4.69, 9.17) is 9.47 Å². The number of alkyl carbamates (subject to hydrolysis) is 1. The molecule has 0 saturated carbocycles. The van der Waals surface area contributed by atoms with Crippen LogP contribution in [-0.2, 0) is 36.7 Å². The molecule has 0 aliphatic carbocycles.